The summed E-state index contributed by atoms with van der Waals surface area (Å²) < 4.78 is 31.7. The molecule has 8 heteroatoms. The maximum absolute atomic E-state index is 13.2. The molecule has 8 nitrogen and oxygen atoms in total. The zero-order valence-electron chi connectivity index (χ0n) is 20.3. The quantitative estimate of drug-likeness (QED) is 0.182. The molecule has 34 heavy (non-hydrogen) atoms. The summed E-state index contributed by atoms with van der Waals surface area (Å²) in [5, 5.41) is 10.7. The van der Waals surface area contributed by atoms with E-state index < -0.39 is 5.78 Å². The number of hydrogen-bond acceptors (Lipinski definition) is 8. The Morgan fingerprint density at radius 2 is 1.53 bits per heavy atom. The molecule has 0 aromatic heterocycles. The Bertz CT molecular complexity index is 989. The van der Waals surface area contributed by atoms with Crippen LogP contribution in [0.5, 0.6) is 23.0 Å². The minimum absolute atomic E-state index is 0.0234. The number of rotatable bonds is 14. The van der Waals surface area contributed by atoms with Crippen LogP contribution in [0, 0.1) is 0 Å². The highest BCUT2D eigenvalue weighted by Crippen LogP contribution is 2.40. The molecule has 1 N–H and O–H groups in total. The predicted molar refractivity (Wildman–Crippen MR) is 129 cm³/mol. The Balaban J connectivity index is 2.44. The first kappa shape index (κ1) is 26.9. The number of aromatic hydroxyl groups is 1. The molecule has 2 aromatic rings. The van der Waals surface area contributed by atoms with Gasteiger partial charge in [0.15, 0.2) is 26.2 Å². The Kier molecular flexibility index (Phi) is 11.1. The Morgan fingerprint density at radius 1 is 0.912 bits per heavy atom. The lowest BCUT2D eigenvalue weighted by molar-refractivity contribution is 0.0441. The molecule has 0 aliphatic heterocycles. The van der Waals surface area contributed by atoms with Gasteiger partial charge >= 0.3 is 0 Å². The van der Waals surface area contributed by atoms with Gasteiger partial charge in [0.25, 0.3) is 0 Å². The molecule has 0 saturated heterocycles. The van der Waals surface area contributed by atoms with Crippen LogP contribution in [0.1, 0.15) is 35.3 Å². The number of phenolic OH excluding ortho intramolecular Hbond substituents is 1. The molecule has 0 saturated carbocycles. The van der Waals surface area contributed by atoms with Gasteiger partial charge in [-0.2, -0.15) is 0 Å². The summed E-state index contributed by atoms with van der Waals surface area (Å²) in [6.45, 7) is 3.94. The summed E-state index contributed by atoms with van der Waals surface area (Å²) in [5.74, 6) is 0.503. The maximum atomic E-state index is 13.2. The molecule has 2 rings (SSSR count). The van der Waals surface area contributed by atoms with Crippen LogP contribution in [-0.4, -0.2) is 52.6 Å². The largest absolute Gasteiger partial charge is 0.507 e. The van der Waals surface area contributed by atoms with Crippen molar-refractivity contribution in [2.45, 2.75) is 20.3 Å². The van der Waals surface area contributed by atoms with Gasteiger partial charge in [-0.15, -0.1) is 0 Å². The first-order chi connectivity index (χ1) is 16.4. The van der Waals surface area contributed by atoms with Crippen LogP contribution in [0.3, 0.4) is 0 Å². The van der Waals surface area contributed by atoms with E-state index in [-0.39, 0.29) is 37.4 Å². The van der Waals surface area contributed by atoms with Crippen LogP contribution < -0.4 is 14.2 Å². The van der Waals surface area contributed by atoms with Crippen molar-refractivity contribution in [1.82, 2.24) is 0 Å². The van der Waals surface area contributed by atoms with E-state index in [0.717, 1.165) is 11.1 Å². The average Bonchev–Trinajstić information content (AvgIpc) is 2.83. The van der Waals surface area contributed by atoms with Gasteiger partial charge in [0.05, 0.1) is 0 Å². The van der Waals surface area contributed by atoms with Crippen molar-refractivity contribution in [3.8, 4) is 23.0 Å². The van der Waals surface area contributed by atoms with Gasteiger partial charge in [-0.3, -0.25) is 4.79 Å². The second-order valence-corrected chi connectivity index (χ2v) is 7.48. The fourth-order valence-corrected chi connectivity index (χ4v) is 2.99. The highest BCUT2D eigenvalue weighted by Gasteiger charge is 2.24. The highest BCUT2D eigenvalue weighted by molar-refractivity contribution is 6.11. The SMILES string of the molecule is COCOc1ccc(/C=C\C(=O)c2c(O)cc(OCOC)c(CC=C(C)C)c2OCOC)cc1. The van der Waals surface area contributed by atoms with E-state index >= 15 is 0 Å². The zero-order chi connectivity index (χ0) is 24.9. The van der Waals surface area contributed by atoms with Crippen LogP contribution in [0.4, 0.5) is 0 Å². The lowest BCUT2D eigenvalue weighted by Gasteiger charge is -2.19. The summed E-state index contributed by atoms with van der Waals surface area (Å²) in [6, 6.07) is 8.55. The zero-order valence-corrected chi connectivity index (χ0v) is 20.3. The van der Waals surface area contributed by atoms with E-state index in [2.05, 4.69) is 0 Å². The third kappa shape index (κ3) is 7.91. The van der Waals surface area contributed by atoms with Crippen molar-refractivity contribution in [2.75, 3.05) is 41.7 Å². The molecule has 0 aliphatic rings. The van der Waals surface area contributed by atoms with Crippen LogP contribution in [0.25, 0.3) is 6.08 Å². The lowest BCUT2D eigenvalue weighted by Crippen LogP contribution is -2.10. The smallest absolute Gasteiger partial charge is 0.193 e. The molecule has 0 spiro atoms. The van der Waals surface area contributed by atoms with E-state index in [1.807, 2.05) is 19.9 Å². The Labute approximate surface area is 200 Å². The van der Waals surface area contributed by atoms with Crippen molar-refractivity contribution in [3.63, 3.8) is 0 Å². The van der Waals surface area contributed by atoms with Gasteiger partial charge in [0, 0.05) is 33.0 Å². The second-order valence-electron chi connectivity index (χ2n) is 7.48. The molecule has 0 atom stereocenters. The summed E-state index contributed by atoms with van der Waals surface area (Å²) in [4.78, 5) is 13.2. The second kappa shape index (κ2) is 14.0. The minimum Gasteiger partial charge on any atom is -0.507 e. The summed E-state index contributed by atoms with van der Waals surface area (Å²) in [5.41, 5.74) is 2.48. The molecule has 0 fully saturated rings. The van der Waals surface area contributed by atoms with E-state index in [0.29, 0.717) is 23.5 Å². The number of carbonyl (C=O) groups is 1. The van der Waals surface area contributed by atoms with Crippen LogP contribution >= 0.6 is 0 Å². The van der Waals surface area contributed by atoms with Crippen molar-refractivity contribution in [1.29, 1.82) is 0 Å². The summed E-state index contributed by atoms with van der Waals surface area (Å²) in [6.07, 6.45) is 5.42. The van der Waals surface area contributed by atoms with Crippen LogP contribution in [0.15, 0.2) is 48.1 Å². The molecule has 0 aliphatic carbocycles. The molecule has 184 valence electrons. The molecular weight excluding hydrogens is 440 g/mol. The van der Waals surface area contributed by atoms with Crippen molar-refractivity contribution < 1.29 is 38.3 Å². The fourth-order valence-electron chi connectivity index (χ4n) is 2.99. The first-order valence-electron chi connectivity index (χ1n) is 10.6. The number of ether oxygens (including phenoxy) is 6. The molecule has 0 unspecified atom stereocenters. The summed E-state index contributed by atoms with van der Waals surface area (Å²) in [7, 11) is 4.52. The predicted octanol–water partition coefficient (Wildman–Crippen LogP) is 4.75. The normalized spacial score (nSPS) is 10.9. The average molecular weight is 473 g/mol. The molecular formula is C26H32O8. The van der Waals surface area contributed by atoms with E-state index in [1.165, 1.54) is 26.4 Å². The number of methoxy groups -OCH3 is 3. The minimum atomic E-state index is -0.431. The Hall–Kier alpha value is -3.33. The molecule has 2 aromatic carbocycles. The van der Waals surface area contributed by atoms with Gasteiger partial charge in [-0.05, 0) is 44.0 Å². The first-order valence-corrected chi connectivity index (χ1v) is 10.6. The van der Waals surface area contributed by atoms with Crippen LogP contribution in [0.2, 0.25) is 0 Å². The number of phenols is 1. The van der Waals surface area contributed by atoms with Gasteiger partial charge in [0.1, 0.15) is 28.6 Å². The van der Waals surface area contributed by atoms with Crippen molar-refractivity contribution in [2.24, 2.45) is 0 Å². The standard InChI is InChI=1S/C26H32O8/c1-18(2)6-12-21-24(33-16-30-4)14-23(28)25(26(21)34-17-31-5)22(27)13-9-19-7-10-20(11-8-19)32-15-29-3/h6-11,13-14,28H,12,15-17H2,1-5H3/b13-9-. The maximum Gasteiger partial charge on any atom is 0.193 e. The molecule has 0 radical (unpaired) electrons. The number of allylic oxidation sites excluding steroid dienone is 3. The number of ketones is 1. The molecule has 0 heterocycles. The number of hydrogen-bond donors (Lipinski definition) is 1. The number of carbonyl (C=O) groups excluding carboxylic acids is 1. The van der Waals surface area contributed by atoms with E-state index in [9.17, 15) is 9.90 Å². The third-order valence-electron chi connectivity index (χ3n) is 4.59. The topological polar surface area (TPSA) is 92.7 Å². The van der Waals surface area contributed by atoms with Gasteiger partial charge < -0.3 is 33.5 Å². The van der Waals surface area contributed by atoms with Crippen molar-refractivity contribution in [3.05, 3.63) is 64.7 Å². The summed E-state index contributed by atoms with van der Waals surface area (Å²) >= 11 is 0. The monoisotopic (exact) mass is 472 g/mol. The van der Waals surface area contributed by atoms with Crippen molar-refractivity contribution >= 4 is 11.9 Å². The molecule has 0 bridgehead atoms. The van der Waals surface area contributed by atoms with E-state index in [4.69, 9.17) is 28.4 Å². The van der Waals surface area contributed by atoms with Crippen LogP contribution in [-0.2, 0) is 20.6 Å². The highest BCUT2D eigenvalue weighted by atomic mass is 16.7. The van der Waals surface area contributed by atoms with Gasteiger partial charge in [0.2, 0.25) is 0 Å². The van der Waals surface area contributed by atoms with Gasteiger partial charge in [-0.1, -0.05) is 29.9 Å². The van der Waals surface area contributed by atoms with Gasteiger partial charge in [-0.25, -0.2) is 0 Å². The third-order valence-corrected chi connectivity index (χ3v) is 4.59. The molecule has 0 amide bonds. The lowest BCUT2D eigenvalue weighted by atomic mass is 9.99. The van der Waals surface area contributed by atoms with E-state index in [1.54, 1.807) is 37.5 Å². The Morgan fingerprint density at radius 3 is 2.15 bits per heavy atom. The fraction of sp³-hybridized carbons (Fsp3) is 0.346. The number of benzene rings is 2.